The van der Waals surface area contributed by atoms with E-state index in [1.54, 1.807) is 43.4 Å². The van der Waals surface area contributed by atoms with Gasteiger partial charge in [0.15, 0.2) is 0 Å². The van der Waals surface area contributed by atoms with Crippen LogP contribution in [0.1, 0.15) is 22.3 Å². The molecule has 5 nitrogen and oxygen atoms in total. The number of anilines is 1. The van der Waals surface area contributed by atoms with Gasteiger partial charge in [-0.15, -0.1) is 0 Å². The summed E-state index contributed by atoms with van der Waals surface area (Å²) in [5, 5.41) is 2.68. The number of rotatable bonds is 3. The van der Waals surface area contributed by atoms with Gasteiger partial charge in [0, 0.05) is 24.7 Å². The lowest BCUT2D eigenvalue weighted by Crippen LogP contribution is -2.26. The van der Waals surface area contributed by atoms with Crippen molar-refractivity contribution in [3.8, 4) is 5.75 Å². The number of nitrogens with zero attached hydrogens (tertiary/aromatic N) is 1. The highest BCUT2D eigenvalue weighted by molar-refractivity contribution is 5.99. The predicted octanol–water partition coefficient (Wildman–Crippen LogP) is 2.50. The molecular formula is C18H17FN2O3. The second-order valence-electron chi connectivity index (χ2n) is 5.51. The van der Waals surface area contributed by atoms with Crippen LogP contribution in [0.15, 0.2) is 42.5 Å². The lowest BCUT2D eigenvalue weighted by Gasteiger charge is -2.17. The van der Waals surface area contributed by atoms with E-state index in [1.807, 2.05) is 0 Å². The first-order chi connectivity index (χ1) is 11.6. The molecule has 124 valence electrons. The monoisotopic (exact) mass is 328 g/mol. The van der Waals surface area contributed by atoms with Gasteiger partial charge in [0.25, 0.3) is 5.91 Å². The maximum atomic E-state index is 13.6. The van der Waals surface area contributed by atoms with Crippen molar-refractivity contribution in [2.45, 2.75) is 13.0 Å². The van der Waals surface area contributed by atoms with E-state index in [1.165, 1.54) is 11.0 Å². The van der Waals surface area contributed by atoms with Gasteiger partial charge in [0.2, 0.25) is 5.91 Å². The van der Waals surface area contributed by atoms with E-state index < -0.39 is 0 Å². The Balaban J connectivity index is 1.77. The van der Waals surface area contributed by atoms with Crippen LogP contribution in [0.5, 0.6) is 5.75 Å². The molecule has 0 aliphatic carbocycles. The summed E-state index contributed by atoms with van der Waals surface area (Å²) in [5.74, 6) is -0.212. The number of carbonyl (C=O) groups excluding carboxylic acids is 2. The molecule has 0 saturated heterocycles. The molecule has 0 atom stereocenters. The molecule has 3 rings (SSSR count). The van der Waals surface area contributed by atoms with Gasteiger partial charge in [-0.05, 0) is 24.3 Å². The molecule has 1 aliphatic heterocycles. The molecule has 0 spiro atoms. The van der Waals surface area contributed by atoms with Crippen molar-refractivity contribution in [2.24, 2.45) is 0 Å². The Hall–Kier alpha value is -2.89. The minimum absolute atomic E-state index is 0.0716. The number of ether oxygens (including phenoxy) is 1. The quantitative estimate of drug-likeness (QED) is 0.942. The van der Waals surface area contributed by atoms with Crippen LogP contribution in [0.25, 0.3) is 0 Å². The lowest BCUT2D eigenvalue weighted by molar-refractivity contribution is -0.118. The van der Waals surface area contributed by atoms with Crippen LogP contribution >= 0.6 is 0 Å². The Morgan fingerprint density at radius 2 is 2.08 bits per heavy atom. The van der Waals surface area contributed by atoms with Crippen LogP contribution in [0, 0.1) is 5.82 Å². The highest BCUT2D eigenvalue weighted by atomic mass is 19.1. The topological polar surface area (TPSA) is 58.6 Å². The molecule has 0 saturated carbocycles. The maximum absolute atomic E-state index is 13.6. The van der Waals surface area contributed by atoms with Gasteiger partial charge >= 0.3 is 0 Å². The van der Waals surface area contributed by atoms with Crippen molar-refractivity contribution >= 4 is 17.5 Å². The fourth-order valence-electron chi connectivity index (χ4n) is 2.51. The normalized spacial score (nSPS) is 13.8. The predicted molar refractivity (Wildman–Crippen MR) is 87.5 cm³/mol. The summed E-state index contributed by atoms with van der Waals surface area (Å²) < 4.78 is 19.1. The smallest absolute Gasteiger partial charge is 0.251 e. The third-order valence-corrected chi connectivity index (χ3v) is 3.93. The molecule has 0 aromatic heterocycles. The Kier molecular flexibility index (Phi) is 4.46. The van der Waals surface area contributed by atoms with Crippen molar-refractivity contribution in [1.82, 2.24) is 5.32 Å². The maximum Gasteiger partial charge on any atom is 0.251 e. The van der Waals surface area contributed by atoms with Gasteiger partial charge in [0.1, 0.15) is 11.6 Å². The summed E-state index contributed by atoms with van der Waals surface area (Å²) in [6.07, 6.45) is 0.292. The fraction of sp³-hybridized carbons (Fsp3) is 0.222. The molecule has 0 unspecified atom stereocenters. The summed E-state index contributed by atoms with van der Waals surface area (Å²) in [5.41, 5.74) is 1.35. The molecule has 1 heterocycles. The van der Waals surface area contributed by atoms with Crippen LogP contribution in [0.3, 0.4) is 0 Å². The van der Waals surface area contributed by atoms with Gasteiger partial charge in [0.05, 0.1) is 18.7 Å². The van der Waals surface area contributed by atoms with E-state index >= 15 is 0 Å². The van der Waals surface area contributed by atoms with E-state index in [0.717, 1.165) is 0 Å². The van der Waals surface area contributed by atoms with Crippen molar-refractivity contribution in [2.75, 3.05) is 18.6 Å². The second-order valence-corrected chi connectivity index (χ2v) is 5.51. The van der Waals surface area contributed by atoms with Gasteiger partial charge in [-0.1, -0.05) is 18.2 Å². The average molecular weight is 328 g/mol. The first-order valence-electron chi connectivity index (χ1n) is 7.61. The average Bonchev–Trinajstić information content (AvgIpc) is 2.73. The minimum Gasteiger partial charge on any atom is -0.491 e. The molecule has 0 radical (unpaired) electrons. The van der Waals surface area contributed by atoms with Crippen molar-refractivity contribution in [1.29, 1.82) is 0 Å². The molecule has 6 heteroatoms. The van der Waals surface area contributed by atoms with Gasteiger partial charge in [-0.3, -0.25) is 9.59 Å². The lowest BCUT2D eigenvalue weighted by atomic mass is 10.1. The Labute approximate surface area is 139 Å². The highest BCUT2D eigenvalue weighted by Crippen LogP contribution is 2.31. The van der Waals surface area contributed by atoms with Crippen LogP contribution in [-0.2, 0) is 11.3 Å². The first kappa shape index (κ1) is 16.0. The van der Waals surface area contributed by atoms with Crippen LogP contribution in [0.4, 0.5) is 10.1 Å². The third kappa shape index (κ3) is 3.22. The summed E-state index contributed by atoms with van der Waals surface area (Å²) in [7, 11) is 1.65. The summed E-state index contributed by atoms with van der Waals surface area (Å²) in [6.45, 7) is 0.406. The SMILES string of the molecule is CN1C(=O)CCOc2ccc(C(=O)NCc3ccccc3F)cc21. The largest absolute Gasteiger partial charge is 0.491 e. The number of fused-ring (bicyclic) bond motifs is 1. The molecule has 1 N–H and O–H groups in total. The zero-order valence-corrected chi connectivity index (χ0v) is 13.2. The van der Waals surface area contributed by atoms with Gasteiger partial charge in [-0.25, -0.2) is 4.39 Å². The Bertz CT molecular complexity index is 792. The van der Waals surface area contributed by atoms with Gasteiger partial charge < -0.3 is 15.0 Å². The summed E-state index contributed by atoms with van der Waals surface area (Å²) >= 11 is 0. The zero-order chi connectivity index (χ0) is 17.1. The number of hydrogen-bond donors (Lipinski definition) is 1. The first-order valence-corrected chi connectivity index (χ1v) is 7.61. The highest BCUT2D eigenvalue weighted by Gasteiger charge is 2.21. The number of carbonyl (C=O) groups is 2. The van der Waals surface area contributed by atoms with E-state index in [2.05, 4.69) is 5.32 Å². The van der Waals surface area contributed by atoms with Gasteiger partial charge in [-0.2, -0.15) is 0 Å². The molecule has 24 heavy (non-hydrogen) atoms. The van der Waals surface area contributed by atoms with Crippen LogP contribution in [-0.4, -0.2) is 25.5 Å². The zero-order valence-electron chi connectivity index (χ0n) is 13.2. The molecule has 2 aromatic rings. The van der Waals surface area contributed by atoms with E-state index in [9.17, 15) is 14.0 Å². The number of amides is 2. The van der Waals surface area contributed by atoms with Crippen molar-refractivity contribution in [3.63, 3.8) is 0 Å². The summed E-state index contributed by atoms with van der Waals surface area (Å²) in [4.78, 5) is 25.7. The minimum atomic E-state index is -0.363. The molecule has 0 fully saturated rings. The molecule has 2 amide bonds. The third-order valence-electron chi connectivity index (χ3n) is 3.93. The number of nitrogens with one attached hydrogen (secondary N) is 1. The number of hydrogen-bond acceptors (Lipinski definition) is 3. The molecule has 1 aliphatic rings. The van der Waals surface area contributed by atoms with Crippen molar-refractivity contribution < 1.29 is 18.7 Å². The van der Waals surface area contributed by atoms with Crippen LogP contribution < -0.4 is 15.0 Å². The standard InChI is InChI=1S/C18H17FN2O3/c1-21-15-10-12(6-7-16(15)24-9-8-17(21)22)18(23)20-11-13-4-2-3-5-14(13)19/h2-7,10H,8-9,11H2,1H3,(H,20,23). The molecule has 2 aromatic carbocycles. The Morgan fingerprint density at radius 1 is 1.29 bits per heavy atom. The number of halogens is 1. The van der Waals surface area contributed by atoms with E-state index in [0.29, 0.717) is 35.6 Å². The van der Waals surface area contributed by atoms with E-state index in [4.69, 9.17) is 4.74 Å². The van der Waals surface area contributed by atoms with Crippen LogP contribution in [0.2, 0.25) is 0 Å². The Morgan fingerprint density at radius 3 is 2.88 bits per heavy atom. The second kappa shape index (κ2) is 6.70. The molecule has 0 bridgehead atoms. The fourth-order valence-corrected chi connectivity index (χ4v) is 2.51. The summed E-state index contributed by atoms with van der Waals surface area (Å²) in [6, 6.07) is 11.2. The number of benzene rings is 2. The van der Waals surface area contributed by atoms with E-state index in [-0.39, 0.29) is 24.2 Å². The molecular weight excluding hydrogens is 311 g/mol. The van der Waals surface area contributed by atoms with Crippen molar-refractivity contribution in [3.05, 3.63) is 59.4 Å².